The summed E-state index contributed by atoms with van der Waals surface area (Å²) in [6, 6.07) is 0. The van der Waals surface area contributed by atoms with Crippen molar-refractivity contribution in [2.75, 3.05) is 31.3 Å². The first-order valence-corrected chi connectivity index (χ1v) is 8.84. The lowest BCUT2D eigenvalue weighted by Crippen LogP contribution is -2.43. The van der Waals surface area contributed by atoms with Gasteiger partial charge in [0.1, 0.15) is 0 Å². The van der Waals surface area contributed by atoms with Gasteiger partial charge in [-0.3, -0.25) is 4.79 Å². The average Bonchev–Trinajstić information content (AvgIpc) is 2.77. The summed E-state index contributed by atoms with van der Waals surface area (Å²) >= 11 is 0. The van der Waals surface area contributed by atoms with Gasteiger partial charge >= 0.3 is 0 Å². The lowest BCUT2D eigenvalue weighted by Gasteiger charge is -2.36. The smallest absolute Gasteiger partial charge is 0.224 e. The summed E-state index contributed by atoms with van der Waals surface area (Å²) < 4.78 is 28.1. The molecule has 19 heavy (non-hydrogen) atoms. The van der Waals surface area contributed by atoms with Crippen LogP contribution in [0.3, 0.4) is 0 Å². The first-order valence-electron chi connectivity index (χ1n) is 7.02. The Hall–Kier alpha value is -0.620. The molecule has 2 rings (SSSR count). The molecule has 0 bridgehead atoms. The molecule has 0 aliphatic carbocycles. The molecule has 2 heterocycles. The molecule has 0 aromatic heterocycles. The molecule has 1 amide bonds. The second-order valence-corrected chi connectivity index (χ2v) is 8.01. The number of rotatable bonds is 4. The van der Waals surface area contributed by atoms with Gasteiger partial charge in [0.05, 0.1) is 17.4 Å². The van der Waals surface area contributed by atoms with E-state index in [9.17, 15) is 13.2 Å². The molecular formula is C13H23NO4S. The third-order valence-electron chi connectivity index (χ3n) is 4.54. The van der Waals surface area contributed by atoms with Gasteiger partial charge in [-0.05, 0) is 31.1 Å². The number of carbonyl (C=O) groups excluding carboxylic acids is 1. The molecule has 2 aliphatic heterocycles. The van der Waals surface area contributed by atoms with Crippen LogP contribution in [-0.4, -0.2) is 45.6 Å². The van der Waals surface area contributed by atoms with E-state index in [1.807, 2.05) is 0 Å². The summed E-state index contributed by atoms with van der Waals surface area (Å²) in [6.07, 6.45) is 3.41. The highest BCUT2D eigenvalue weighted by Crippen LogP contribution is 2.33. The van der Waals surface area contributed by atoms with Gasteiger partial charge in [-0.15, -0.1) is 0 Å². The monoisotopic (exact) mass is 289 g/mol. The lowest BCUT2D eigenvalue weighted by molar-refractivity contribution is -0.125. The number of nitrogens with one attached hydrogen (secondary N) is 1. The van der Waals surface area contributed by atoms with Crippen molar-refractivity contribution in [3.05, 3.63) is 0 Å². The normalized spacial score (nSPS) is 29.0. The molecule has 5 nitrogen and oxygen atoms in total. The van der Waals surface area contributed by atoms with Crippen molar-refractivity contribution in [2.45, 2.75) is 32.6 Å². The fourth-order valence-electron chi connectivity index (χ4n) is 2.88. The Kier molecular flexibility index (Phi) is 4.50. The molecule has 1 unspecified atom stereocenters. The molecule has 0 radical (unpaired) electrons. The molecule has 1 N–H and O–H groups in total. The summed E-state index contributed by atoms with van der Waals surface area (Å²) in [5.41, 5.74) is 0.130. The maximum absolute atomic E-state index is 12.0. The fraction of sp³-hybridized carbons (Fsp3) is 0.923. The molecule has 0 aromatic carbocycles. The maximum Gasteiger partial charge on any atom is 0.224 e. The number of sulfone groups is 1. The van der Waals surface area contributed by atoms with Crippen LogP contribution in [0.5, 0.6) is 0 Å². The molecule has 1 atom stereocenters. The minimum atomic E-state index is -2.99. The molecule has 2 saturated heterocycles. The van der Waals surface area contributed by atoms with Crippen LogP contribution in [0.4, 0.5) is 0 Å². The molecule has 0 saturated carbocycles. The number of amides is 1. The minimum absolute atomic E-state index is 0.0149. The Morgan fingerprint density at radius 3 is 2.58 bits per heavy atom. The van der Waals surface area contributed by atoms with E-state index < -0.39 is 9.84 Å². The van der Waals surface area contributed by atoms with Crippen LogP contribution in [-0.2, 0) is 19.4 Å². The highest BCUT2D eigenvalue weighted by Gasteiger charge is 2.35. The molecule has 2 fully saturated rings. The number of hydrogen-bond donors (Lipinski definition) is 1. The van der Waals surface area contributed by atoms with Gasteiger partial charge in [-0.2, -0.15) is 0 Å². The van der Waals surface area contributed by atoms with Crippen molar-refractivity contribution in [3.63, 3.8) is 0 Å². The quantitative estimate of drug-likeness (QED) is 0.828. The molecule has 6 heteroatoms. The van der Waals surface area contributed by atoms with Crippen LogP contribution in [0.1, 0.15) is 32.6 Å². The minimum Gasteiger partial charge on any atom is -0.381 e. The van der Waals surface area contributed by atoms with Crippen molar-refractivity contribution in [2.24, 2.45) is 11.3 Å². The van der Waals surface area contributed by atoms with Crippen LogP contribution in [0.2, 0.25) is 0 Å². The summed E-state index contributed by atoms with van der Waals surface area (Å²) in [4.78, 5) is 12.0. The summed E-state index contributed by atoms with van der Waals surface area (Å²) in [6.45, 7) is 4.28. The molecule has 0 spiro atoms. The third kappa shape index (κ3) is 3.69. The lowest BCUT2D eigenvalue weighted by atomic mass is 9.78. The predicted octanol–water partition coefficient (Wildman–Crippen LogP) is 0.744. The zero-order valence-electron chi connectivity index (χ0n) is 11.5. The summed E-state index contributed by atoms with van der Waals surface area (Å²) in [7, 11) is -2.99. The van der Waals surface area contributed by atoms with Crippen LogP contribution in [0.15, 0.2) is 0 Å². The fourth-order valence-corrected chi connectivity index (χ4v) is 4.62. The zero-order valence-corrected chi connectivity index (χ0v) is 12.3. The van der Waals surface area contributed by atoms with Crippen molar-refractivity contribution in [1.82, 2.24) is 5.32 Å². The first-order chi connectivity index (χ1) is 8.96. The van der Waals surface area contributed by atoms with Crippen LogP contribution < -0.4 is 5.32 Å². The van der Waals surface area contributed by atoms with E-state index in [0.29, 0.717) is 13.0 Å². The standard InChI is InChI=1S/C13H23NO4S/c1-2-13(4-6-18-7-5-13)10-14-12(15)11-3-8-19(16,17)9-11/h11H,2-10H2,1H3,(H,14,15). The maximum atomic E-state index is 12.0. The van der Waals surface area contributed by atoms with Crippen LogP contribution in [0, 0.1) is 11.3 Å². The largest absolute Gasteiger partial charge is 0.381 e. The van der Waals surface area contributed by atoms with E-state index in [0.717, 1.165) is 32.5 Å². The van der Waals surface area contributed by atoms with Gasteiger partial charge < -0.3 is 10.1 Å². The average molecular weight is 289 g/mol. The Morgan fingerprint density at radius 1 is 1.37 bits per heavy atom. The number of carbonyl (C=O) groups is 1. The van der Waals surface area contributed by atoms with Gasteiger partial charge in [0.15, 0.2) is 9.84 Å². The van der Waals surface area contributed by atoms with Gasteiger partial charge in [0, 0.05) is 19.8 Å². The second kappa shape index (κ2) is 5.79. The van der Waals surface area contributed by atoms with E-state index in [4.69, 9.17) is 4.74 Å². The van der Waals surface area contributed by atoms with E-state index in [-0.39, 0.29) is 28.7 Å². The Labute approximate surface area is 115 Å². The van der Waals surface area contributed by atoms with Gasteiger partial charge in [-0.1, -0.05) is 6.92 Å². The zero-order chi connectivity index (χ0) is 13.9. The van der Waals surface area contributed by atoms with E-state index >= 15 is 0 Å². The van der Waals surface area contributed by atoms with E-state index in [1.165, 1.54) is 0 Å². The van der Waals surface area contributed by atoms with Gasteiger partial charge in [0.25, 0.3) is 0 Å². The van der Waals surface area contributed by atoms with Gasteiger partial charge in [-0.25, -0.2) is 8.42 Å². The van der Waals surface area contributed by atoms with Crippen LogP contribution >= 0.6 is 0 Å². The summed E-state index contributed by atoms with van der Waals surface area (Å²) in [5.74, 6) is -0.280. The summed E-state index contributed by atoms with van der Waals surface area (Å²) in [5, 5.41) is 2.96. The third-order valence-corrected chi connectivity index (χ3v) is 6.31. The highest BCUT2D eigenvalue weighted by molar-refractivity contribution is 7.91. The predicted molar refractivity (Wildman–Crippen MR) is 72.5 cm³/mol. The van der Waals surface area contributed by atoms with E-state index in [1.54, 1.807) is 0 Å². The van der Waals surface area contributed by atoms with Crippen molar-refractivity contribution in [3.8, 4) is 0 Å². The Morgan fingerprint density at radius 2 is 2.05 bits per heavy atom. The first kappa shape index (κ1) is 14.8. The van der Waals surface area contributed by atoms with Crippen LogP contribution in [0.25, 0.3) is 0 Å². The highest BCUT2D eigenvalue weighted by atomic mass is 32.2. The number of ether oxygens (including phenoxy) is 1. The van der Waals surface area contributed by atoms with Crippen molar-refractivity contribution < 1.29 is 17.9 Å². The Balaban J connectivity index is 1.86. The topological polar surface area (TPSA) is 72.5 Å². The SMILES string of the molecule is CCC1(CNC(=O)C2CCS(=O)(=O)C2)CCOCC1. The van der Waals surface area contributed by atoms with Gasteiger partial charge in [0.2, 0.25) is 5.91 Å². The van der Waals surface area contributed by atoms with Crippen molar-refractivity contribution >= 4 is 15.7 Å². The second-order valence-electron chi connectivity index (χ2n) is 5.78. The molecule has 0 aromatic rings. The number of hydrogen-bond acceptors (Lipinski definition) is 4. The van der Waals surface area contributed by atoms with Crippen molar-refractivity contribution in [1.29, 1.82) is 0 Å². The molecule has 110 valence electrons. The Bertz CT molecular complexity index is 426. The van der Waals surface area contributed by atoms with E-state index in [2.05, 4.69) is 12.2 Å². The molecular weight excluding hydrogens is 266 g/mol. The molecule has 2 aliphatic rings.